The molecule has 0 radical (unpaired) electrons. The van der Waals surface area contributed by atoms with Crippen molar-refractivity contribution in [1.82, 2.24) is 15.5 Å². The number of nitrogens with one attached hydrogen (secondary N) is 2. The molecule has 0 aliphatic carbocycles. The minimum Gasteiger partial charge on any atom is -0.310 e. The first-order chi connectivity index (χ1) is 7.83. The van der Waals surface area contributed by atoms with Crippen LogP contribution in [0, 0.1) is 0 Å². The van der Waals surface area contributed by atoms with Gasteiger partial charge in [0.1, 0.15) is 0 Å². The van der Waals surface area contributed by atoms with Crippen LogP contribution in [0.4, 0.5) is 0 Å². The molecule has 0 amide bonds. The molecule has 1 rings (SSSR count). The van der Waals surface area contributed by atoms with Crippen molar-refractivity contribution in [3.63, 3.8) is 0 Å². The third kappa shape index (κ3) is 5.80. The second-order valence-electron chi connectivity index (χ2n) is 3.89. The molecule has 0 bridgehead atoms. The van der Waals surface area contributed by atoms with Gasteiger partial charge in [0.05, 0.1) is 5.70 Å². The Kier molecular flexibility index (Phi) is 6.72. The summed E-state index contributed by atoms with van der Waals surface area (Å²) < 4.78 is 0. The molecule has 0 saturated heterocycles. The number of aliphatic imine (C=N–C) groups is 1. The zero-order valence-corrected chi connectivity index (χ0v) is 10.1. The lowest BCUT2D eigenvalue weighted by Gasteiger charge is -2.17. The van der Waals surface area contributed by atoms with Crippen LogP contribution in [0.5, 0.6) is 0 Å². The van der Waals surface area contributed by atoms with Crippen molar-refractivity contribution in [2.24, 2.45) is 4.99 Å². The molecule has 4 nitrogen and oxygen atoms in total. The van der Waals surface area contributed by atoms with Gasteiger partial charge < -0.3 is 15.5 Å². The van der Waals surface area contributed by atoms with Crippen LogP contribution in [0.15, 0.2) is 29.4 Å². The first-order valence-electron chi connectivity index (χ1n) is 5.77. The van der Waals surface area contributed by atoms with E-state index in [1.807, 2.05) is 12.3 Å². The molecule has 1 heterocycles. The van der Waals surface area contributed by atoms with Gasteiger partial charge in [0, 0.05) is 45.5 Å². The van der Waals surface area contributed by atoms with Gasteiger partial charge in [0.2, 0.25) is 0 Å². The van der Waals surface area contributed by atoms with Crippen LogP contribution in [0.2, 0.25) is 0 Å². The molecule has 4 heteroatoms. The zero-order chi connectivity index (χ0) is 11.6. The molecule has 16 heavy (non-hydrogen) atoms. The van der Waals surface area contributed by atoms with E-state index < -0.39 is 0 Å². The molecule has 0 unspecified atom stereocenters. The van der Waals surface area contributed by atoms with Crippen LogP contribution in [-0.2, 0) is 0 Å². The fourth-order valence-electron chi connectivity index (χ4n) is 1.48. The molecule has 1 aliphatic heterocycles. The van der Waals surface area contributed by atoms with Crippen LogP contribution >= 0.6 is 0 Å². The maximum Gasteiger partial charge on any atom is 0.0538 e. The molecular formula is C12H22N4. The van der Waals surface area contributed by atoms with Crippen molar-refractivity contribution in [2.45, 2.75) is 0 Å². The highest BCUT2D eigenvalue weighted by Crippen LogP contribution is 1.94. The molecule has 0 saturated carbocycles. The smallest absolute Gasteiger partial charge is 0.0538 e. The van der Waals surface area contributed by atoms with Crippen LogP contribution < -0.4 is 10.6 Å². The Hall–Kier alpha value is -0.970. The van der Waals surface area contributed by atoms with Gasteiger partial charge in [-0.05, 0) is 13.1 Å². The van der Waals surface area contributed by atoms with E-state index in [0.717, 1.165) is 45.0 Å². The summed E-state index contributed by atoms with van der Waals surface area (Å²) in [5.41, 5.74) is 1.03. The van der Waals surface area contributed by atoms with Gasteiger partial charge in [-0.2, -0.15) is 0 Å². The van der Waals surface area contributed by atoms with Crippen molar-refractivity contribution >= 4 is 6.21 Å². The first kappa shape index (κ1) is 13.1. The van der Waals surface area contributed by atoms with Crippen molar-refractivity contribution in [3.05, 3.63) is 24.4 Å². The highest BCUT2D eigenvalue weighted by Gasteiger charge is 1.99. The van der Waals surface area contributed by atoms with Crippen molar-refractivity contribution < 1.29 is 0 Å². The number of hydrogen-bond donors (Lipinski definition) is 2. The van der Waals surface area contributed by atoms with Crippen LogP contribution in [-0.4, -0.2) is 57.4 Å². The quantitative estimate of drug-likeness (QED) is 0.668. The van der Waals surface area contributed by atoms with E-state index in [1.54, 1.807) is 6.08 Å². The first-order valence-corrected chi connectivity index (χ1v) is 5.77. The molecule has 90 valence electrons. The van der Waals surface area contributed by atoms with Gasteiger partial charge >= 0.3 is 0 Å². The lowest BCUT2D eigenvalue weighted by Crippen LogP contribution is -2.35. The molecule has 1 aliphatic rings. The number of likely N-dealkylation sites (N-methyl/N-ethyl adjacent to an activating group) is 1. The van der Waals surface area contributed by atoms with E-state index >= 15 is 0 Å². The molecule has 0 aromatic rings. The zero-order valence-electron chi connectivity index (χ0n) is 10.1. The van der Waals surface area contributed by atoms with E-state index in [-0.39, 0.29) is 0 Å². The predicted molar refractivity (Wildman–Crippen MR) is 70.0 cm³/mol. The molecule has 0 atom stereocenters. The van der Waals surface area contributed by atoms with Gasteiger partial charge in [-0.3, -0.25) is 4.99 Å². The number of allylic oxidation sites excluding steroid dienone is 2. The van der Waals surface area contributed by atoms with Crippen LogP contribution in [0.3, 0.4) is 0 Å². The lowest BCUT2D eigenvalue weighted by atomic mass is 10.3. The molecule has 0 aromatic heterocycles. The third-order valence-electron chi connectivity index (χ3n) is 2.45. The fourth-order valence-corrected chi connectivity index (χ4v) is 1.48. The summed E-state index contributed by atoms with van der Waals surface area (Å²) in [5.74, 6) is 0. The maximum absolute atomic E-state index is 4.39. The third-order valence-corrected chi connectivity index (χ3v) is 2.45. The molecule has 0 aromatic carbocycles. The van der Waals surface area contributed by atoms with E-state index in [1.165, 1.54) is 0 Å². The number of hydrogen-bond acceptors (Lipinski definition) is 4. The predicted octanol–water partition coefficient (Wildman–Crippen LogP) is 0.252. The number of nitrogens with zero attached hydrogens (tertiary/aromatic N) is 2. The lowest BCUT2D eigenvalue weighted by molar-refractivity contribution is 0.333. The maximum atomic E-state index is 4.39. The molecule has 0 fully saturated rings. The largest absolute Gasteiger partial charge is 0.310 e. The Labute approximate surface area is 98.1 Å². The monoisotopic (exact) mass is 222 g/mol. The highest BCUT2D eigenvalue weighted by molar-refractivity contribution is 5.61. The minimum absolute atomic E-state index is 0.802. The Morgan fingerprint density at radius 3 is 2.88 bits per heavy atom. The van der Waals surface area contributed by atoms with Gasteiger partial charge in [-0.15, -0.1) is 0 Å². The Morgan fingerprint density at radius 1 is 1.38 bits per heavy atom. The SMILES string of the molecule is C=C/C=C1/CNCCN(C)CCNCC=N1. The average molecular weight is 222 g/mol. The highest BCUT2D eigenvalue weighted by atomic mass is 15.1. The summed E-state index contributed by atoms with van der Waals surface area (Å²) in [6, 6.07) is 0. The summed E-state index contributed by atoms with van der Waals surface area (Å²) in [6.07, 6.45) is 5.64. The van der Waals surface area contributed by atoms with E-state index in [0.29, 0.717) is 0 Å². The molecular weight excluding hydrogens is 200 g/mol. The number of rotatable bonds is 1. The van der Waals surface area contributed by atoms with Gasteiger partial charge in [0.15, 0.2) is 0 Å². The Bertz CT molecular complexity index is 258. The summed E-state index contributed by atoms with van der Waals surface area (Å²) in [5, 5.41) is 6.71. The summed E-state index contributed by atoms with van der Waals surface area (Å²) in [7, 11) is 2.14. The summed E-state index contributed by atoms with van der Waals surface area (Å²) >= 11 is 0. The Balaban J connectivity index is 2.49. The average Bonchev–Trinajstić information content (AvgIpc) is 2.26. The van der Waals surface area contributed by atoms with E-state index in [4.69, 9.17) is 0 Å². The van der Waals surface area contributed by atoms with Gasteiger partial charge in [-0.1, -0.05) is 12.7 Å². The topological polar surface area (TPSA) is 39.7 Å². The second kappa shape index (κ2) is 8.21. The Morgan fingerprint density at radius 2 is 2.12 bits per heavy atom. The van der Waals surface area contributed by atoms with Gasteiger partial charge in [-0.25, -0.2) is 0 Å². The van der Waals surface area contributed by atoms with Crippen LogP contribution in [0.25, 0.3) is 0 Å². The van der Waals surface area contributed by atoms with Crippen molar-refractivity contribution in [3.8, 4) is 0 Å². The molecule has 2 N–H and O–H groups in total. The molecule has 0 spiro atoms. The van der Waals surface area contributed by atoms with Crippen LogP contribution in [0.1, 0.15) is 0 Å². The van der Waals surface area contributed by atoms with Crippen molar-refractivity contribution in [2.75, 3.05) is 46.3 Å². The summed E-state index contributed by atoms with van der Waals surface area (Å²) in [4.78, 5) is 6.71. The fraction of sp³-hybridized carbons (Fsp3) is 0.583. The minimum atomic E-state index is 0.802. The van der Waals surface area contributed by atoms with E-state index in [9.17, 15) is 0 Å². The normalized spacial score (nSPS) is 23.7. The standard InChI is InChI=1S/C12H22N4/c1-3-4-12-11-14-8-10-16(2)9-7-13-5-6-15-12/h3-4,6,13-14H,1,5,7-11H2,2H3/b12-4-,15-6?. The van der Waals surface area contributed by atoms with Gasteiger partial charge in [0.25, 0.3) is 0 Å². The second-order valence-corrected chi connectivity index (χ2v) is 3.89. The van der Waals surface area contributed by atoms with E-state index in [2.05, 4.69) is 34.2 Å². The summed E-state index contributed by atoms with van der Waals surface area (Å²) in [6.45, 7) is 9.44. The van der Waals surface area contributed by atoms with Crippen molar-refractivity contribution in [1.29, 1.82) is 0 Å².